The zero-order valence-corrected chi connectivity index (χ0v) is 17.5. The van der Waals surface area contributed by atoms with E-state index in [2.05, 4.69) is 43.9 Å². The van der Waals surface area contributed by atoms with Gasteiger partial charge in [-0.1, -0.05) is 0 Å². The summed E-state index contributed by atoms with van der Waals surface area (Å²) in [6.45, 7) is 10.7. The van der Waals surface area contributed by atoms with E-state index in [-0.39, 0.29) is 5.75 Å². The first kappa shape index (κ1) is 19.6. The number of hydrogen-bond donors (Lipinski definition) is 1. The third kappa shape index (κ3) is 4.03. The summed E-state index contributed by atoms with van der Waals surface area (Å²) in [7, 11) is 2.14. The second kappa shape index (κ2) is 7.26. The normalized spacial score (nSPS) is 18.4. The van der Waals surface area contributed by atoms with Crippen LogP contribution in [0.15, 0.2) is 24.5 Å². The van der Waals surface area contributed by atoms with Crippen molar-refractivity contribution in [2.45, 2.75) is 39.3 Å². The van der Waals surface area contributed by atoms with E-state index in [0.717, 1.165) is 30.8 Å². The molecule has 1 aliphatic heterocycles. The van der Waals surface area contributed by atoms with E-state index in [0.29, 0.717) is 22.9 Å². The van der Waals surface area contributed by atoms with Crippen molar-refractivity contribution in [3.63, 3.8) is 0 Å². The SMILES string of the molecule is C[C@H]1CN(c2cc(-c3n[nH]c4cc(F)c(OC(C)(C)C)cc34)ncn2)CCN1C. The molecule has 1 N–H and O–H groups in total. The Kier molecular flexibility index (Phi) is 4.90. The number of aromatic amines is 1. The summed E-state index contributed by atoms with van der Waals surface area (Å²) >= 11 is 0. The molecule has 0 amide bonds. The van der Waals surface area contributed by atoms with Crippen LogP contribution in [-0.4, -0.2) is 63.4 Å². The molecule has 0 saturated carbocycles. The van der Waals surface area contributed by atoms with Gasteiger partial charge in [-0.2, -0.15) is 5.10 Å². The summed E-state index contributed by atoms with van der Waals surface area (Å²) in [6.07, 6.45) is 1.56. The van der Waals surface area contributed by atoms with Crippen LogP contribution in [0.3, 0.4) is 0 Å². The number of rotatable bonds is 3. The fourth-order valence-electron chi connectivity index (χ4n) is 3.53. The second-order valence-corrected chi connectivity index (χ2v) is 8.65. The number of fused-ring (bicyclic) bond motifs is 1. The molecule has 1 saturated heterocycles. The van der Waals surface area contributed by atoms with Gasteiger partial charge >= 0.3 is 0 Å². The molecule has 3 aromatic rings. The molecule has 0 unspecified atom stereocenters. The van der Waals surface area contributed by atoms with E-state index < -0.39 is 11.4 Å². The highest BCUT2D eigenvalue weighted by atomic mass is 19.1. The lowest BCUT2D eigenvalue weighted by atomic mass is 10.1. The molecule has 29 heavy (non-hydrogen) atoms. The van der Waals surface area contributed by atoms with Crippen LogP contribution in [0.1, 0.15) is 27.7 Å². The van der Waals surface area contributed by atoms with E-state index in [1.807, 2.05) is 26.8 Å². The predicted molar refractivity (Wildman–Crippen MR) is 112 cm³/mol. The lowest BCUT2D eigenvalue weighted by molar-refractivity contribution is 0.124. The van der Waals surface area contributed by atoms with Crippen molar-refractivity contribution in [2.75, 3.05) is 31.6 Å². The Morgan fingerprint density at radius 3 is 2.69 bits per heavy atom. The van der Waals surface area contributed by atoms with Crippen LogP contribution in [0.5, 0.6) is 5.75 Å². The molecular weight excluding hydrogens is 371 g/mol. The van der Waals surface area contributed by atoms with Crippen molar-refractivity contribution >= 4 is 16.7 Å². The minimum absolute atomic E-state index is 0.204. The Labute approximate surface area is 169 Å². The van der Waals surface area contributed by atoms with Gasteiger partial charge in [-0.05, 0) is 40.8 Å². The molecule has 154 valence electrons. The maximum absolute atomic E-state index is 14.4. The van der Waals surface area contributed by atoms with Crippen LogP contribution in [0.25, 0.3) is 22.3 Å². The maximum Gasteiger partial charge on any atom is 0.167 e. The number of piperazine rings is 1. The number of ether oxygens (including phenoxy) is 1. The molecule has 4 rings (SSSR count). The van der Waals surface area contributed by atoms with Gasteiger partial charge in [-0.15, -0.1) is 0 Å². The third-order valence-corrected chi connectivity index (χ3v) is 5.21. The summed E-state index contributed by atoms with van der Waals surface area (Å²) < 4.78 is 20.2. The largest absolute Gasteiger partial charge is 0.485 e. The van der Waals surface area contributed by atoms with Gasteiger partial charge < -0.3 is 14.5 Å². The second-order valence-electron chi connectivity index (χ2n) is 8.65. The van der Waals surface area contributed by atoms with E-state index in [9.17, 15) is 4.39 Å². The molecule has 7 nitrogen and oxygen atoms in total. The molecule has 1 fully saturated rings. The Morgan fingerprint density at radius 1 is 1.17 bits per heavy atom. The lowest BCUT2D eigenvalue weighted by Crippen LogP contribution is -2.50. The highest BCUT2D eigenvalue weighted by Gasteiger charge is 2.23. The topological polar surface area (TPSA) is 70.2 Å². The van der Waals surface area contributed by atoms with Crippen LogP contribution in [0, 0.1) is 5.82 Å². The molecule has 0 spiro atoms. The van der Waals surface area contributed by atoms with Crippen LogP contribution in [0.2, 0.25) is 0 Å². The maximum atomic E-state index is 14.4. The van der Waals surface area contributed by atoms with Gasteiger partial charge in [0.25, 0.3) is 0 Å². The first-order valence-electron chi connectivity index (χ1n) is 9.85. The third-order valence-electron chi connectivity index (χ3n) is 5.21. The quantitative estimate of drug-likeness (QED) is 0.728. The number of halogens is 1. The van der Waals surface area contributed by atoms with E-state index in [1.54, 1.807) is 12.4 Å². The molecule has 0 aliphatic carbocycles. The highest BCUT2D eigenvalue weighted by Crippen LogP contribution is 2.32. The number of hydrogen-bond acceptors (Lipinski definition) is 6. The summed E-state index contributed by atoms with van der Waals surface area (Å²) in [5.74, 6) is 0.659. The summed E-state index contributed by atoms with van der Waals surface area (Å²) in [5, 5.41) is 8.06. The number of nitrogens with zero attached hydrogens (tertiary/aromatic N) is 5. The minimum atomic E-state index is -0.501. The molecule has 3 heterocycles. The number of aromatic nitrogens is 4. The van der Waals surface area contributed by atoms with Gasteiger partial charge in [0.1, 0.15) is 23.4 Å². The van der Waals surface area contributed by atoms with Gasteiger partial charge in [0, 0.05) is 43.2 Å². The van der Waals surface area contributed by atoms with Crippen LogP contribution < -0.4 is 9.64 Å². The smallest absolute Gasteiger partial charge is 0.167 e. The van der Waals surface area contributed by atoms with E-state index in [1.165, 1.54) is 6.07 Å². The average Bonchev–Trinajstić information content (AvgIpc) is 3.06. The number of anilines is 1. The first-order chi connectivity index (χ1) is 13.7. The summed E-state index contributed by atoms with van der Waals surface area (Å²) in [5.41, 5.74) is 1.45. The van der Waals surface area contributed by atoms with Crippen molar-refractivity contribution in [2.24, 2.45) is 0 Å². The molecule has 2 aromatic heterocycles. The molecule has 1 aromatic carbocycles. The monoisotopic (exact) mass is 398 g/mol. The van der Waals surface area contributed by atoms with E-state index in [4.69, 9.17) is 4.74 Å². The van der Waals surface area contributed by atoms with Crippen LogP contribution in [-0.2, 0) is 0 Å². The molecule has 0 radical (unpaired) electrons. The van der Waals surface area contributed by atoms with Gasteiger partial charge in [0.05, 0.1) is 11.2 Å². The van der Waals surface area contributed by atoms with Crippen molar-refractivity contribution in [3.8, 4) is 17.1 Å². The van der Waals surface area contributed by atoms with Gasteiger partial charge in [-0.25, -0.2) is 14.4 Å². The highest BCUT2D eigenvalue weighted by molar-refractivity contribution is 5.93. The van der Waals surface area contributed by atoms with Crippen molar-refractivity contribution in [1.29, 1.82) is 0 Å². The van der Waals surface area contributed by atoms with Crippen molar-refractivity contribution < 1.29 is 9.13 Å². The van der Waals surface area contributed by atoms with E-state index >= 15 is 0 Å². The molecule has 0 bridgehead atoms. The molecular formula is C21H27FN6O. The fourth-order valence-corrected chi connectivity index (χ4v) is 3.53. The Balaban J connectivity index is 1.71. The molecule has 1 aliphatic rings. The molecule has 8 heteroatoms. The molecule has 1 atom stereocenters. The first-order valence-corrected chi connectivity index (χ1v) is 9.85. The Bertz CT molecular complexity index is 1030. The zero-order valence-electron chi connectivity index (χ0n) is 17.5. The number of likely N-dealkylation sites (N-methyl/N-ethyl adjacent to an activating group) is 1. The van der Waals surface area contributed by atoms with Gasteiger partial charge in [0.15, 0.2) is 11.6 Å². The van der Waals surface area contributed by atoms with Gasteiger partial charge in [0.2, 0.25) is 0 Å². The standard InChI is InChI=1S/C21H27FN6O/c1-13-11-28(7-6-27(13)5)19-10-17(23-12-24-19)20-14-8-18(29-21(2,3)4)15(22)9-16(14)25-26-20/h8-10,12-13H,6-7,11H2,1-5H3,(H,25,26)/t13-/m0/s1. The van der Waals surface area contributed by atoms with Crippen molar-refractivity contribution in [1.82, 2.24) is 25.1 Å². The predicted octanol–water partition coefficient (Wildman–Crippen LogP) is 3.48. The van der Waals surface area contributed by atoms with Crippen LogP contribution >= 0.6 is 0 Å². The fraction of sp³-hybridized carbons (Fsp3) is 0.476. The number of H-pyrrole nitrogens is 1. The Morgan fingerprint density at radius 2 is 1.97 bits per heavy atom. The van der Waals surface area contributed by atoms with Crippen molar-refractivity contribution in [3.05, 3.63) is 30.3 Å². The van der Waals surface area contributed by atoms with Gasteiger partial charge in [-0.3, -0.25) is 5.10 Å². The number of benzene rings is 1. The van der Waals surface area contributed by atoms with Crippen LogP contribution in [0.4, 0.5) is 10.2 Å². The summed E-state index contributed by atoms with van der Waals surface area (Å²) in [6, 6.07) is 5.50. The zero-order chi connectivity index (χ0) is 20.8. The minimum Gasteiger partial charge on any atom is -0.485 e. The number of nitrogens with one attached hydrogen (secondary N) is 1. The Hall–Kier alpha value is -2.74. The lowest BCUT2D eigenvalue weighted by Gasteiger charge is -2.38. The average molecular weight is 398 g/mol. The summed E-state index contributed by atoms with van der Waals surface area (Å²) in [4.78, 5) is 13.5.